The molecular weight excluding hydrogens is 767 g/mol. The van der Waals surface area contributed by atoms with E-state index in [1.165, 1.54) is 41.6 Å². The van der Waals surface area contributed by atoms with E-state index in [1.807, 2.05) is 41.0 Å². The summed E-state index contributed by atoms with van der Waals surface area (Å²) in [4.78, 5) is 4.47. The molecule has 7 heteroatoms. The molecule has 6 aromatic rings. The smallest absolute Gasteiger partial charge is 0.509 e. The second-order valence-corrected chi connectivity index (χ2v) is 12.8. The number of hydrogen-bond donors (Lipinski definition) is 0. The van der Waals surface area contributed by atoms with Gasteiger partial charge in [-0.2, -0.15) is 16.7 Å². The van der Waals surface area contributed by atoms with Gasteiger partial charge in [0, 0.05) is 46.5 Å². The number of nitrogens with zero attached hydrogens (tertiary/aromatic N) is 4. The Hall–Kier alpha value is -4.02. The maximum absolute atomic E-state index is 14.3. The predicted octanol–water partition coefficient (Wildman–Crippen LogP) is 10.0. The average Bonchev–Trinajstić information content (AvgIpc) is 3.55. The molecular formula is C40H39FN4OPt. The quantitative estimate of drug-likeness (QED) is 0.119. The van der Waals surface area contributed by atoms with Crippen LogP contribution in [0.15, 0.2) is 78.5 Å². The Morgan fingerprint density at radius 1 is 0.936 bits per heavy atom. The van der Waals surface area contributed by atoms with E-state index < -0.39 is 0 Å². The monoisotopic (exact) mass is 805 g/mol. The largest absolute Gasteiger partial charge is 2.00 e. The summed E-state index contributed by atoms with van der Waals surface area (Å²) in [6.07, 6.45) is 6.86. The van der Waals surface area contributed by atoms with Gasteiger partial charge in [0.15, 0.2) is 0 Å². The number of pyridine rings is 1. The number of halogens is 1. The van der Waals surface area contributed by atoms with Crippen molar-refractivity contribution in [2.75, 3.05) is 0 Å². The van der Waals surface area contributed by atoms with Gasteiger partial charge >= 0.3 is 21.1 Å². The number of aromatic nitrogens is 4. The van der Waals surface area contributed by atoms with Crippen LogP contribution in [0.25, 0.3) is 33.3 Å². The molecule has 0 amide bonds. The van der Waals surface area contributed by atoms with Crippen LogP contribution in [0.2, 0.25) is 0 Å². The molecule has 3 aromatic carbocycles. The molecule has 0 saturated heterocycles. The molecule has 0 fully saturated rings. The molecule has 0 N–H and O–H groups in total. The van der Waals surface area contributed by atoms with E-state index in [9.17, 15) is 4.39 Å². The Labute approximate surface area is 290 Å². The van der Waals surface area contributed by atoms with E-state index in [-0.39, 0.29) is 26.9 Å². The van der Waals surface area contributed by atoms with Crippen molar-refractivity contribution in [2.24, 2.45) is 11.8 Å². The van der Waals surface area contributed by atoms with E-state index in [0.29, 0.717) is 35.1 Å². The van der Waals surface area contributed by atoms with Crippen molar-refractivity contribution < 1.29 is 30.2 Å². The molecule has 0 saturated carbocycles. The molecule has 0 radical (unpaired) electrons. The van der Waals surface area contributed by atoms with Crippen LogP contribution in [0, 0.1) is 36.7 Å². The van der Waals surface area contributed by atoms with Gasteiger partial charge in [-0.15, -0.1) is 35.7 Å². The summed E-state index contributed by atoms with van der Waals surface area (Å²) in [6, 6.07) is 25.9. The predicted molar refractivity (Wildman–Crippen MR) is 183 cm³/mol. The van der Waals surface area contributed by atoms with Gasteiger partial charge in [0.1, 0.15) is 11.6 Å². The van der Waals surface area contributed by atoms with Crippen LogP contribution in [0.1, 0.15) is 69.5 Å². The van der Waals surface area contributed by atoms with Crippen LogP contribution in [-0.2, 0) is 33.9 Å². The fourth-order valence-corrected chi connectivity index (χ4v) is 7.62. The topological polar surface area (TPSA) is 44.9 Å². The Morgan fingerprint density at radius 3 is 2.49 bits per heavy atom. The zero-order chi connectivity index (χ0) is 32.1. The molecule has 1 aliphatic carbocycles. The number of ether oxygens (including phenoxy) is 1. The van der Waals surface area contributed by atoms with Crippen molar-refractivity contribution >= 4 is 21.8 Å². The SMILES string of the molecule is CCc1nn(-c2[c-]c(Oc3[c-]c4c(cc3)c3ccccc3n4-c3cc(F)ccn3)cc(C)c2)c(CC)c1C1C(C)=C[C@H](C)C[C@@H]1C.[Pt+2]. The molecule has 7 rings (SSSR count). The van der Waals surface area contributed by atoms with Gasteiger partial charge < -0.3 is 9.30 Å². The third-order valence-electron chi connectivity index (χ3n) is 9.35. The first-order chi connectivity index (χ1) is 22.2. The first-order valence-electron chi connectivity index (χ1n) is 16.3. The molecule has 0 bridgehead atoms. The number of hydrogen-bond acceptors (Lipinski definition) is 3. The van der Waals surface area contributed by atoms with Gasteiger partial charge in [0.2, 0.25) is 0 Å². The Kier molecular flexibility index (Phi) is 9.27. The van der Waals surface area contributed by atoms with Gasteiger partial charge in [0.05, 0.1) is 5.69 Å². The molecule has 47 heavy (non-hydrogen) atoms. The minimum atomic E-state index is -0.344. The normalized spacial score (nSPS) is 17.9. The number of rotatable bonds is 7. The van der Waals surface area contributed by atoms with Gasteiger partial charge in [-0.3, -0.25) is 4.68 Å². The van der Waals surface area contributed by atoms with Crippen molar-refractivity contribution in [1.29, 1.82) is 0 Å². The second-order valence-electron chi connectivity index (χ2n) is 12.8. The Morgan fingerprint density at radius 2 is 1.74 bits per heavy atom. The molecule has 0 spiro atoms. The maximum atomic E-state index is 14.3. The molecule has 3 atom stereocenters. The first kappa shape index (κ1) is 32.9. The van der Waals surface area contributed by atoms with Gasteiger partial charge in [0.25, 0.3) is 0 Å². The maximum Gasteiger partial charge on any atom is 2.00 e. The number of benzene rings is 3. The van der Waals surface area contributed by atoms with Crippen molar-refractivity contribution in [3.05, 3.63) is 119 Å². The van der Waals surface area contributed by atoms with Gasteiger partial charge in [-0.25, -0.2) is 9.37 Å². The van der Waals surface area contributed by atoms with Crippen molar-refractivity contribution in [3.63, 3.8) is 0 Å². The van der Waals surface area contributed by atoms with E-state index in [1.54, 1.807) is 0 Å². The third-order valence-corrected chi connectivity index (χ3v) is 9.35. The minimum absolute atomic E-state index is 0. The van der Waals surface area contributed by atoms with Crippen molar-refractivity contribution in [3.8, 4) is 23.0 Å². The van der Waals surface area contributed by atoms with Crippen LogP contribution in [0.5, 0.6) is 11.5 Å². The van der Waals surface area contributed by atoms with E-state index in [0.717, 1.165) is 51.6 Å². The molecule has 0 aliphatic heterocycles. The van der Waals surface area contributed by atoms with Crippen LogP contribution in [0.3, 0.4) is 0 Å². The van der Waals surface area contributed by atoms with Crippen LogP contribution in [-0.4, -0.2) is 19.3 Å². The zero-order valence-corrected chi connectivity index (χ0v) is 29.9. The standard InChI is InChI=1S/C40H39FN4O.Pt/c1-7-34-40(39-26(5)17-24(3)18-27(39)6)35(8-2)45(43-34)29-19-25(4)20-31(22-29)46-30-13-14-33-32-11-9-10-12-36(32)44(37(33)23-30)38-21-28(41)15-16-42-38;/h9-17,19-21,24,27,39H,7-8,18H2,1-6H3;/q-2;+2/t24-,27-,39?;/m0./s1. The van der Waals surface area contributed by atoms with Crippen LogP contribution >= 0.6 is 0 Å². The van der Waals surface area contributed by atoms with Gasteiger partial charge in [-0.1, -0.05) is 70.0 Å². The minimum Gasteiger partial charge on any atom is -0.509 e. The molecule has 3 aromatic heterocycles. The zero-order valence-electron chi connectivity index (χ0n) is 27.7. The summed E-state index contributed by atoms with van der Waals surface area (Å²) in [7, 11) is 0. The van der Waals surface area contributed by atoms with Crippen LogP contribution < -0.4 is 4.74 Å². The average molecular weight is 806 g/mol. The first-order valence-corrected chi connectivity index (χ1v) is 16.3. The molecule has 242 valence electrons. The van der Waals surface area contributed by atoms with E-state index >= 15 is 0 Å². The molecule has 1 aliphatic rings. The Bertz CT molecular complexity index is 2130. The summed E-state index contributed by atoms with van der Waals surface area (Å²) < 4.78 is 24.8. The fourth-order valence-electron chi connectivity index (χ4n) is 7.62. The van der Waals surface area contributed by atoms with Gasteiger partial charge in [-0.05, 0) is 61.2 Å². The summed E-state index contributed by atoms with van der Waals surface area (Å²) in [5, 5.41) is 7.22. The van der Waals surface area contributed by atoms with Crippen molar-refractivity contribution in [1.82, 2.24) is 19.3 Å². The molecule has 5 nitrogen and oxygen atoms in total. The van der Waals surface area contributed by atoms with E-state index in [4.69, 9.17) is 9.84 Å². The number of fused-ring (bicyclic) bond motifs is 3. The summed E-state index contributed by atoms with van der Waals surface area (Å²) >= 11 is 0. The Balaban J connectivity index is 0.00000386. The number of allylic oxidation sites excluding steroid dienone is 2. The van der Waals surface area contributed by atoms with E-state index in [2.05, 4.69) is 81.5 Å². The molecule has 3 heterocycles. The third kappa shape index (κ3) is 5.97. The van der Waals surface area contributed by atoms with Crippen molar-refractivity contribution in [2.45, 2.75) is 66.7 Å². The fraction of sp³-hybridized carbons (Fsp3) is 0.300. The summed E-state index contributed by atoms with van der Waals surface area (Å²) in [5.41, 5.74) is 8.84. The number of aryl methyl sites for hydroxylation is 2. The second kappa shape index (κ2) is 13.2. The molecule has 1 unspecified atom stereocenters. The summed E-state index contributed by atoms with van der Waals surface area (Å²) in [5.74, 6) is 2.80. The number of para-hydroxylation sites is 1. The van der Waals surface area contributed by atoms with Crippen LogP contribution in [0.4, 0.5) is 4.39 Å². The summed E-state index contributed by atoms with van der Waals surface area (Å²) in [6.45, 7) is 13.5.